The summed E-state index contributed by atoms with van der Waals surface area (Å²) in [4.78, 5) is 1.98. The van der Waals surface area contributed by atoms with E-state index in [4.69, 9.17) is 16.7 Å². The fourth-order valence-electron chi connectivity index (χ4n) is 1.19. The van der Waals surface area contributed by atoms with Crippen LogP contribution in [0.2, 0.25) is 5.02 Å². The Labute approximate surface area is 94.7 Å². The number of benzene rings is 1. The summed E-state index contributed by atoms with van der Waals surface area (Å²) in [6.07, 6.45) is 0. The van der Waals surface area contributed by atoms with Crippen LogP contribution in [0.15, 0.2) is 23.1 Å². The monoisotopic (exact) mass is 248 g/mol. The second-order valence-corrected chi connectivity index (χ2v) is 5.50. The fourth-order valence-corrected chi connectivity index (χ4v) is 1.93. The summed E-state index contributed by atoms with van der Waals surface area (Å²) >= 11 is 5.93. The SMILES string of the molecule is CN(C)Cc1cc(S(N)(=O)=O)ccc1Cl. The summed E-state index contributed by atoms with van der Waals surface area (Å²) in [6.45, 7) is 0.572. The van der Waals surface area contributed by atoms with E-state index in [9.17, 15) is 8.42 Å². The molecule has 0 aliphatic heterocycles. The third kappa shape index (κ3) is 3.46. The van der Waals surface area contributed by atoms with Gasteiger partial charge < -0.3 is 4.90 Å². The number of primary sulfonamides is 1. The van der Waals surface area contributed by atoms with Gasteiger partial charge in [0.2, 0.25) is 10.0 Å². The van der Waals surface area contributed by atoms with Gasteiger partial charge in [-0.2, -0.15) is 0 Å². The van der Waals surface area contributed by atoms with Gasteiger partial charge in [-0.3, -0.25) is 0 Å². The fraction of sp³-hybridized carbons (Fsp3) is 0.333. The van der Waals surface area contributed by atoms with Crippen LogP contribution in [0.5, 0.6) is 0 Å². The van der Waals surface area contributed by atoms with Crippen molar-refractivity contribution < 1.29 is 8.42 Å². The molecule has 15 heavy (non-hydrogen) atoms. The minimum atomic E-state index is -3.66. The van der Waals surface area contributed by atoms with Crippen LogP contribution in [0.25, 0.3) is 0 Å². The number of nitrogens with two attached hydrogens (primary N) is 1. The molecule has 0 unspecified atom stereocenters. The quantitative estimate of drug-likeness (QED) is 0.870. The molecule has 0 saturated heterocycles. The van der Waals surface area contributed by atoms with E-state index < -0.39 is 10.0 Å². The summed E-state index contributed by atoms with van der Waals surface area (Å²) < 4.78 is 22.2. The molecule has 0 spiro atoms. The highest BCUT2D eigenvalue weighted by molar-refractivity contribution is 7.89. The van der Waals surface area contributed by atoms with E-state index in [2.05, 4.69) is 0 Å². The lowest BCUT2D eigenvalue weighted by atomic mass is 10.2. The Kier molecular flexibility index (Phi) is 3.72. The van der Waals surface area contributed by atoms with Crippen LogP contribution in [0.4, 0.5) is 0 Å². The second-order valence-electron chi connectivity index (χ2n) is 3.54. The van der Waals surface area contributed by atoms with Crippen molar-refractivity contribution in [1.82, 2.24) is 4.90 Å². The Balaban J connectivity index is 3.17. The standard InChI is InChI=1S/C9H13ClN2O2S/c1-12(2)6-7-5-8(15(11,13)14)3-4-9(7)10/h3-5H,6H2,1-2H3,(H2,11,13,14). The first-order chi connectivity index (χ1) is 6.80. The van der Waals surface area contributed by atoms with Gasteiger partial charge in [-0.1, -0.05) is 11.6 Å². The third-order valence-electron chi connectivity index (χ3n) is 1.83. The highest BCUT2D eigenvalue weighted by Gasteiger charge is 2.10. The molecular weight excluding hydrogens is 236 g/mol. The van der Waals surface area contributed by atoms with E-state index in [1.807, 2.05) is 19.0 Å². The van der Waals surface area contributed by atoms with E-state index in [0.29, 0.717) is 11.6 Å². The molecule has 0 saturated carbocycles. The van der Waals surface area contributed by atoms with Gasteiger partial charge in [0.1, 0.15) is 0 Å². The average molecular weight is 249 g/mol. The minimum Gasteiger partial charge on any atom is -0.305 e. The number of hydrogen-bond acceptors (Lipinski definition) is 3. The van der Waals surface area contributed by atoms with Crippen LogP contribution in [-0.2, 0) is 16.6 Å². The van der Waals surface area contributed by atoms with Gasteiger partial charge >= 0.3 is 0 Å². The van der Waals surface area contributed by atoms with Gasteiger partial charge in [-0.25, -0.2) is 13.6 Å². The molecule has 0 aromatic heterocycles. The maximum Gasteiger partial charge on any atom is 0.238 e. The van der Waals surface area contributed by atoms with Gasteiger partial charge in [0.15, 0.2) is 0 Å². The van der Waals surface area contributed by atoms with Gasteiger partial charge in [-0.05, 0) is 37.9 Å². The number of hydrogen-bond donors (Lipinski definition) is 1. The predicted molar refractivity (Wildman–Crippen MR) is 60.2 cm³/mol. The first-order valence-electron chi connectivity index (χ1n) is 4.26. The number of sulfonamides is 1. The molecule has 1 aromatic rings. The number of rotatable bonds is 3. The molecule has 84 valence electrons. The third-order valence-corrected chi connectivity index (χ3v) is 3.11. The van der Waals surface area contributed by atoms with Crippen molar-refractivity contribution in [2.24, 2.45) is 5.14 Å². The van der Waals surface area contributed by atoms with Gasteiger partial charge in [0.25, 0.3) is 0 Å². The van der Waals surface area contributed by atoms with E-state index >= 15 is 0 Å². The van der Waals surface area contributed by atoms with Crippen LogP contribution in [0, 0.1) is 0 Å². The van der Waals surface area contributed by atoms with E-state index in [1.165, 1.54) is 12.1 Å². The van der Waals surface area contributed by atoms with E-state index in [0.717, 1.165) is 5.56 Å². The van der Waals surface area contributed by atoms with Gasteiger partial charge in [0, 0.05) is 11.6 Å². The summed E-state index contributed by atoms with van der Waals surface area (Å²) in [5.74, 6) is 0. The lowest BCUT2D eigenvalue weighted by Gasteiger charge is -2.12. The smallest absolute Gasteiger partial charge is 0.238 e. The van der Waals surface area contributed by atoms with Crippen LogP contribution in [-0.4, -0.2) is 27.4 Å². The Morgan fingerprint density at radius 2 is 2.00 bits per heavy atom. The van der Waals surface area contributed by atoms with Crippen molar-refractivity contribution in [2.75, 3.05) is 14.1 Å². The topological polar surface area (TPSA) is 63.4 Å². The van der Waals surface area contributed by atoms with Crippen molar-refractivity contribution >= 4 is 21.6 Å². The zero-order valence-corrected chi connectivity index (χ0v) is 10.1. The molecule has 2 N–H and O–H groups in total. The maximum absolute atomic E-state index is 11.1. The Morgan fingerprint density at radius 3 is 2.47 bits per heavy atom. The zero-order chi connectivity index (χ0) is 11.6. The first kappa shape index (κ1) is 12.4. The van der Waals surface area contributed by atoms with E-state index in [-0.39, 0.29) is 4.90 Å². The molecule has 0 fully saturated rings. The molecule has 1 rings (SSSR count). The maximum atomic E-state index is 11.1. The van der Waals surface area contributed by atoms with Gasteiger partial charge in [-0.15, -0.1) is 0 Å². The normalized spacial score (nSPS) is 12.1. The molecule has 0 aliphatic carbocycles. The highest BCUT2D eigenvalue weighted by Crippen LogP contribution is 2.20. The molecule has 0 amide bonds. The summed E-state index contributed by atoms with van der Waals surface area (Å²) in [6, 6.07) is 4.44. The van der Waals surface area contributed by atoms with Crippen molar-refractivity contribution in [3.63, 3.8) is 0 Å². The molecule has 0 heterocycles. The molecule has 0 atom stereocenters. The summed E-state index contributed by atoms with van der Waals surface area (Å²) in [5.41, 5.74) is 0.744. The molecule has 4 nitrogen and oxygen atoms in total. The lowest BCUT2D eigenvalue weighted by molar-refractivity contribution is 0.402. The molecule has 1 aromatic carbocycles. The van der Waals surface area contributed by atoms with E-state index in [1.54, 1.807) is 6.07 Å². The highest BCUT2D eigenvalue weighted by atomic mass is 35.5. The zero-order valence-electron chi connectivity index (χ0n) is 8.57. The Morgan fingerprint density at radius 1 is 1.40 bits per heavy atom. The van der Waals surface area contributed by atoms with Crippen molar-refractivity contribution in [1.29, 1.82) is 0 Å². The van der Waals surface area contributed by atoms with Crippen LogP contribution >= 0.6 is 11.6 Å². The van der Waals surface area contributed by atoms with Crippen molar-refractivity contribution in [3.05, 3.63) is 28.8 Å². The lowest BCUT2D eigenvalue weighted by Crippen LogP contribution is -2.14. The van der Waals surface area contributed by atoms with Crippen molar-refractivity contribution in [2.45, 2.75) is 11.4 Å². The Bertz CT molecular complexity index is 457. The van der Waals surface area contributed by atoms with Crippen molar-refractivity contribution in [3.8, 4) is 0 Å². The van der Waals surface area contributed by atoms with Gasteiger partial charge in [0.05, 0.1) is 4.90 Å². The molecule has 0 radical (unpaired) electrons. The minimum absolute atomic E-state index is 0.0868. The van der Waals surface area contributed by atoms with Crippen LogP contribution in [0.3, 0.4) is 0 Å². The first-order valence-corrected chi connectivity index (χ1v) is 6.19. The van der Waals surface area contributed by atoms with Crippen LogP contribution < -0.4 is 5.14 Å². The summed E-state index contributed by atoms with van der Waals surface area (Å²) in [7, 11) is 0.0949. The Hall–Kier alpha value is -0.620. The number of halogens is 1. The molecule has 6 heteroatoms. The summed E-state index contributed by atoms with van der Waals surface area (Å²) in [5, 5.41) is 5.56. The molecule has 0 aliphatic rings. The molecule has 0 bridgehead atoms. The second kappa shape index (κ2) is 4.49. The number of nitrogens with zero attached hydrogens (tertiary/aromatic N) is 1. The van der Waals surface area contributed by atoms with Crippen LogP contribution in [0.1, 0.15) is 5.56 Å². The predicted octanol–water partition coefficient (Wildman–Crippen LogP) is 1.05. The molecular formula is C9H13ClN2O2S. The largest absolute Gasteiger partial charge is 0.305 e. The average Bonchev–Trinajstić information content (AvgIpc) is 2.06.